The normalized spacial score (nSPS) is 16.0. The Balaban J connectivity index is 0.00000261. The molecule has 2 aromatic rings. The summed E-state index contributed by atoms with van der Waals surface area (Å²) in [5, 5.41) is 15.0. The van der Waals surface area contributed by atoms with Crippen molar-refractivity contribution in [1.82, 2.24) is 10.1 Å². The van der Waals surface area contributed by atoms with E-state index >= 15 is 0 Å². The highest BCUT2D eigenvalue weighted by Gasteiger charge is 2.37. The van der Waals surface area contributed by atoms with E-state index in [9.17, 15) is 23.3 Å². The molecule has 1 heterocycles. The number of ether oxygens (including phenoxy) is 1. The van der Waals surface area contributed by atoms with Gasteiger partial charge in [-0.05, 0) is 25.0 Å². The number of nitro benzene ring substituents is 1. The molecule has 1 fully saturated rings. The van der Waals surface area contributed by atoms with Crippen LogP contribution in [-0.4, -0.2) is 27.8 Å². The van der Waals surface area contributed by atoms with Gasteiger partial charge in [0.1, 0.15) is 11.3 Å². The molecular formula is C15H16ClF3N4O4. The molecule has 3 rings (SSSR count). The minimum atomic E-state index is -4.53. The summed E-state index contributed by atoms with van der Waals surface area (Å²) in [5.41, 5.74) is 4.94. The van der Waals surface area contributed by atoms with Crippen LogP contribution in [0, 0.1) is 10.1 Å². The lowest BCUT2D eigenvalue weighted by molar-refractivity contribution is -0.384. The zero-order valence-electron chi connectivity index (χ0n) is 13.9. The quantitative estimate of drug-likeness (QED) is 0.591. The minimum Gasteiger partial charge on any atom is -0.484 e. The van der Waals surface area contributed by atoms with Crippen LogP contribution in [0.2, 0.25) is 0 Å². The predicted octanol–water partition coefficient (Wildman–Crippen LogP) is 3.74. The van der Waals surface area contributed by atoms with Gasteiger partial charge in [0.2, 0.25) is 0 Å². The van der Waals surface area contributed by atoms with Gasteiger partial charge in [-0.25, -0.2) is 0 Å². The molecule has 1 aliphatic rings. The van der Waals surface area contributed by atoms with Crippen LogP contribution >= 0.6 is 12.4 Å². The Morgan fingerprint density at radius 3 is 2.59 bits per heavy atom. The van der Waals surface area contributed by atoms with Gasteiger partial charge in [0.25, 0.3) is 11.6 Å². The average molecular weight is 409 g/mol. The van der Waals surface area contributed by atoms with Gasteiger partial charge < -0.3 is 15.0 Å². The van der Waals surface area contributed by atoms with Gasteiger partial charge in [0.15, 0.2) is 12.4 Å². The minimum absolute atomic E-state index is 0. The fraction of sp³-hybridized carbons (Fsp3) is 0.467. The molecule has 148 valence electrons. The van der Waals surface area contributed by atoms with Crippen molar-refractivity contribution in [3.05, 3.63) is 34.1 Å². The predicted molar refractivity (Wildman–Crippen MR) is 89.5 cm³/mol. The molecule has 1 aromatic carbocycles. The molecule has 0 unspecified atom stereocenters. The summed E-state index contributed by atoms with van der Waals surface area (Å²) in [6.07, 6.45) is -1.41. The summed E-state index contributed by atoms with van der Waals surface area (Å²) in [5.74, 6) is -0.173. The summed E-state index contributed by atoms with van der Waals surface area (Å²) in [4.78, 5) is 14.7. The van der Waals surface area contributed by atoms with Gasteiger partial charge in [-0.1, -0.05) is 18.0 Å². The van der Waals surface area contributed by atoms with Crippen molar-refractivity contribution in [2.24, 2.45) is 5.73 Å². The largest absolute Gasteiger partial charge is 0.484 e. The standard InChI is InChI=1S/C15H15F3N4O4.ClH/c16-15(17,18)8-25-9-3-4-11(22(23)24)10(7-9)12-20-13(21-26-12)14(19)5-1-2-6-14;/h3-4,7H,1-2,5-6,8,19H2;1H. The second-order valence-corrected chi connectivity index (χ2v) is 6.13. The van der Waals surface area contributed by atoms with Crippen LogP contribution in [0.5, 0.6) is 5.75 Å². The highest BCUT2D eigenvalue weighted by atomic mass is 35.5. The number of rotatable bonds is 5. The van der Waals surface area contributed by atoms with Crippen LogP contribution < -0.4 is 10.5 Å². The molecule has 27 heavy (non-hydrogen) atoms. The summed E-state index contributed by atoms with van der Waals surface area (Å²) in [6, 6.07) is 3.17. The zero-order valence-corrected chi connectivity index (χ0v) is 14.7. The number of benzene rings is 1. The van der Waals surface area contributed by atoms with Crippen molar-refractivity contribution >= 4 is 18.1 Å². The second-order valence-electron chi connectivity index (χ2n) is 6.13. The van der Waals surface area contributed by atoms with Crippen molar-refractivity contribution < 1.29 is 27.4 Å². The maximum Gasteiger partial charge on any atom is 0.422 e. The number of halogens is 4. The van der Waals surface area contributed by atoms with Crippen molar-refractivity contribution in [2.75, 3.05) is 6.61 Å². The van der Waals surface area contributed by atoms with Gasteiger partial charge in [-0.15, -0.1) is 12.4 Å². The number of nitrogens with zero attached hydrogens (tertiary/aromatic N) is 3. The smallest absolute Gasteiger partial charge is 0.422 e. The third-order valence-corrected chi connectivity index (χ3v) is 4.16. The van der Waals surface area contributed by atoms with E-state index in [0.717, 1.165) is 31.0 Å². The second kappa shape index (κ2) is 7.69. The molecule has 12 heteroatoms. The Hall–Kier alpha value is -2.40. The van der Waals surface area contributed by atoms with Crippen molar-refractivity contribution in [3.63, 3.8) is 0 Å². The van der Waals surface area contributed by atoms with E-state index in [1.807, 2.05) is 0 Å². The number of nitro groups is 1. The topological polar surface area (TPSA) is 117 Å². The first-order valence-corrected chi connectivity index (χ1v) is 7.79. The lowest BCUT2D eigenvalue weighted by Gasteiger charge is -2.17. The lowest BCUT2D eigenvalue weighted by atomic mass is 9.98. The number of alkyl halides is 3. The van der Waals surface area contributed by atoms with Crippen LogP contribution in [0.3, 0.4) is 0 Å². The van der Waals surface area contributed by atoms with Crippen molar-refractivity contribution in [1.29, 1.82) is 0 Å². The summed E-state index contributed by atoms with van der Waals surface area (Å²) in [7, 11) is 0. The first kappa shape index (κ1) is 20.9. The van der Waals surface area contributed by atoms with E-state index in [4.69, 9.17) is 10.3 Å². The first-order valence-electron chi connectivity index (χ1n) is 7.79. The maximum atomic E-state index is 12.3. The van der Waals surface area contributed by atoms with Gasteiger partial charge >= 0.3 is 6.18 Å². The molecule has 0 saturated heterocycles. The highest BCUT2D eigenvalue weighted by Crippen LogP contribution is 2.37. The molecule has 0 aliphatic heterocycles. The summed E-state index contributed by atoms with van der Waals surface area (Å²) < 4.78 is 46.6. The molecule has 2 N–H and O–H groups in total. The Morgan fingerprint density at radius 2 is 2.00 bits per heavy atom. The number of aromatic nitrogens is 2. The molecule has 0 amide bonds. The van der Waals surface area contributed by atoms with Gasteiger partial charge in [-0.3, -0.25) is 10.1 Å². The monoisotopic (exact) mass is 408 g/mol. The summed E-state index contributed by atoms with van der Waals surface area (Å²) >= 11 is 0. The zero-order chi connectivity index (χ0) is 18.9. The van der Waals surface area contributed by atoms with Crippen LogP contribution in [0.1, 0.15) is 31.5 Å². The van der Waals surface area contributed by atoms with E-state index in [1.54, 1.807) is 0 Å². The molecule has 0 atom stereocenters. The Kier molecular flexibility index (Phi) is 5.95. The fourth-order valence-electron chi connectivity index (χ4n) is 2.87. The molecule has 8 nitrogen and oxygen atoms in total. The Labute approximate surface area is 157 Å². The molecule has 0 bridgehead atoms. The van der Waals surface area contributed by atoms with Crippen molar-refractivity contribution in [3.8, 4) is 17.2 Å². The van der Waals surface area contributed by atoms with Gasteiger partial charge in [-0.2, -0.15) is 18.2 Å². The Bertz CT molecular complexity index is 822. The molecule has 0 spiro atoms. The molecular weight excluding hydrogens is 393 g/mol. The average Bonchev–Trinajstić information content (AvgIpc) is 3.22. The third-order valence-electron chi connectivity index (χ3n) is 4.16. The highest BCUT2D eigenvalue weighted by molar-refractivity contribution is 5.85. The summed E-state index contributed by atoms with van der Waals surface area (Å²) in [6.45, 7) is -1.52. The SMILES string of the molecule is Cl.NC1(c2noc(-c3cc(OCC(F)(F)F)ccc3[N+](=O)[O-])n2)CCCC1. The van der Waals surface area contributed by atoms with Gasteiger partial charge in [0.05, 0.1) is 10.5 Å². The molecule has 1 aliphatic carbocycles. The van der Waals surface area contributed by atoms with Crippen LogP contribution in [0.4, 0.5) is 18.9 Å². The van der Waals surface area contributed by atoms with E-state index in [0.29, 0.717) is 12.8 Å². The Morgan fingerprint density at radius 1 is 1.33 bits per heavy atom. The van der Waals surface area contributed by atoms with E-state index < -0.39 is 28.9 Å². The third kappa shape index (κ3) is 4.66. The van der Waals surface area contributed by atoms with Crippen LogP contribution in [-0.2, 0) is 5.54 Å². The van der Waals surface area contributed by atoms with Crippen LogP contribution in [0.25, 0.3) is 11.5 Å². The van der Waals surface area contributed by atoms with Gasteiger partial charge in [0, 0.05) is 6.07 Å². The van der Waals surface area contributed by atoms with Crippen molar-refractivity contribution in [2.45, 2.75) is 37.4 Å². The number of hydrogen-bond donors (Lipinski definition) is 1. The lowest BCUT2D eigenvalue weighted by Crippen LogP contribution is -2.34. The van der Waals surface area contributed by atoms with E-state index in [2.05, 4.69) is 14.9 Å². The fourth-order valence-corrected chi connectivity index (χ4v) is 2.87. The van der Waals surface area contributed by atoms with E-state index in [-0.39, 0.29) is 35.4 Å². The molecule has 0 radical (unpaired) electrons. The molecule has 1 aromatic heterocycles. The number of nitrogens with two attached hydrogens (primary N) is 1. The first-order chi connectivity index (χ1) is 12.2. The molecule has 1 saturated carbocycles. The van der Waals surface area contributed by atoms with Crippen LogP contribution in [0.15, 0.2) is 22.7 Å². The maximum absolute atomic E-state index is 12.3. The van der Waals surface area contributed by atoms with E-state index in [1.165, 1.54) is 0 Å². The number of hydrogen-bond acceptors (Lipinski definition) is 7.